The summed E-state index contributed by atoms with van der Waals surface area (Å²) >= 11 is 7.50. The smallest absolute Gasteiger partial charge is 0.318 e. The van der Waals surface area contributed by atoms with Gasteiger partial charge in [-0.2, -0.15) is 9.97 Å². The van der Waals surface area contributed by atoms with Crippen molar-refractivity contribution in [3.63, 3.8) is 0 Å². The highest BCUT2D eigenvalue weighted by Gasteiger charge is 2.25. The molecule has 30 heavy (non-hydrogen) atoms. The fraction of sp³-hybridized carbons (Fsp3) is 0.211. The Balaban J connectivity index is 1.77. The van der Waals surface area contributed by atoms with Crippen molar-refractivity contribution in [1.29, 1.82) is 0 Å². The summed E-state index contributed by atoms with van der Waals surface area (Å²) in [5, 5.41) is 7.13. The van der Waals surface area contributed by atoms with E-state index >= 15 is 4.39 Å². The molecular weight excluding hydrogens is 434 g/mol. The Morgan fingerprint density at radius 2 is 2.03 bits per heavy atom. The zero-order valence-electron chi connectivity index (χ0n) is 15.6. The first-order chi connectivity index (χ1) is 14.5. The number of halogens is 3. The molecule has 1 aliphatic rings. The molecule has 0 radical (unpaired) electrons. The van der Waals surface area contributed by atoms with Crippen LogP contribution in [-0.2, 0) is 0 Å². The van der Waals surface area contributed by atoms with Crippen molar-refractivity contribution in [2.75, 3.05) is 31.2 Å². The van der Waals surface area contributed by atoms with Gasteiger partial charge in [-0.3, -0.25) is 0 Å². The van der Waals surface area contributed by atoms with Gasteiger partial charge in [0, 0.05) is 29.6 Å². The van der Waals surface area contributed by atoms with Crippen molar-refractivity contribution in [3.05, 3.63) is 34.9 Å². The van der Waals surface area contributed by atoms with E-state index in [9.17, 15) is 4.39 Å². The van der Waals surface area contributed by atoms with Crippen LogP contribution < -0.4 is 21.1 Å². The first-order valence-corrected chi connectivity index (χ1v) is 10.2. The number of ether oxygens (including phenoxy) is 1. The average molecular weight is 449 g/mol. The minimum absolute atomic E-state index is 0.0200. The third kappa shape index (κ3) is 2.99. The molecule has 4 aromatic rings. The highest BCUT2D eigenvalue weighted by Crippen LogP contribution is 2.42. The molecule has 2 aromatic carbocycles. The topological polar surface area (TPSA) is 98.0 Å². The van der Waals surface area contributed by atoms with Gasteiger partial charge >= 0.3 is 6.01 Å². The molecule has 0 unspecified atom stereocenters. The second kappa shape index (κ2) is 7.15. The minimum atomic E-state index is -0.674. The Hall–Kier alpha value is -2.82. The normalized spacial score (nSPS) is 14.3. The van der Waals surface area contributed by atoms with Crippen LogP contribution in [0.15, 0.2) is 18.2 Å². The molecule has 0 bridgehead atoms. The number of rotatable bonds is 4. The van der Waals surface area contributed by atoms with Crippen molar-refractivity contribution in [3.8, 4) is 17.1 Å². The molecule has 11 heteroatoms. The fourth-order valence-electron chi connectivity index (χ4n) is 3.40. The van der Waals surface area contributed by atoms with E-state index in [2.05, 4.69) is 25.6 Å². The lowest BCUT2D eigenvalue weighted by Crippen LogP contribution is -2.51. The number of nitrogens with one attached hydrogen (secondary N) is 2. The summed E-state index contributed by atoms with van der Waals surface area (Å²) < 4.78 is 35.4. The van der Waals surface area contributed by atoms with Crippen LogP contribution in [0.1, 0.15) is 0 Å². The number of anilines is 2. The predicted molar refractivity (Wildman–Crippen MR) is 114 cm³/mol. The fourth-order valence-corrected chi connectivity index (χ4v) is 4.46. The van der Waals surface area contributed by atoms with E-state index < -0.39 is 11.6 Å². The third-order valence-corrected chi connectivity index (χ3v) is 6.14. The second-order valence-corrected chi connectivity index (χ2v) is 8.26. The number of hydrogen-bond acceptors (Lipinski definition) is 8. The van der Waals surface area contributed by atoms with Crippen LogP contribution in [0.3, 0.4) is 0 Å². The van der Waals surface area contributed by atoms with Gasteiger partial charge in [-0.05, 0) is 18.2 Å². The molecule has 0 aliphatic carbocycles. The van der Waals surface area contributed by atoms with E-state index in [0.29, 0.717) is 16.8 Å². The number of nitrogen functional groups attached to an aromatic ring is 1. The van der Waals surface area contributed by atoms with Gasteiger partial charge in [0.25, 0.3) is 0 Å². The summed E-state index contributed by atoms with van der Waals surface area (Å²) in [6.07, 6.45) is 0. The SMILES string of the molecule is COc1nc(NC2CNC2)c2cc(Cl)c(-c3ccc(F)c4sc(N)nc34)c(F)c2n1. The highest BCUT2D eigenvalue weighted by molar-refractivity contribution is 7.22. The van der Waals surface area contributed by atoms with Crippen molar-refractivity contribution < 1.29 is 13.5 Å². The van der Waals surface area contributed by atoms with E-state index in [1.807, 2.05) is 0 Å². The number of fused-ring (bicyclic) bond motifs is 2. The van der Waals surface area contributed by atoms with Crippen LogP contribution in [0.25, 0.3) is 32.2 Å². The van der Waals surface area contributed by atoms with Crippen molar-refractivity contribution in [2.24, 2.45) is 0 Å². The predicted octanol–water partition coefficient (Wildman–Crippen LogP) is 3.81. The van der Waals surface area contributed by atoms with E-state index in [-0.39, 0.29) is 43.5 Å². The van der Waals surface area contributed by atoms with E-state index in [4.69, 9.17) is 22.1 Å². The standard InChI is InChI=1S/C19H15ClF2N6OS/c1-29-19-27-14-9(17(28-19)25-7-5-24-6-7)4-10(20)12(13(14)22)8-2-3-11(21)16-15(8)26-18(23)30-16/h2-4,7,24H,5-6H2,1H3,(H2,23,26)(H,25,27,28). The number of nitrogens with zero attached hydrogens (tertiary/aromatic N) is 3. The van der Waals surface area contributed by atoms with Crippen LogP contribution in [0.2, 0.25) is 5.02 Å². The van der Waals surface area contributed by atoms with Gasteiger partial charge in [-0.1, -0.05) is 22.9 Å². The number of aromatic nitrogens is 3. The van der Waals surface area contributed by atoms with Crippen LogP contribution in [0.4, 0.5) is 19.7 Å². The second-order valence-electron chi connectivity index (χ2n) is 6.83. The molecule has 7 nitrogen and oxygen atoms in total. The lowest BCUT2D eigenvalue weighted by Gasteiger charge is -2.29. The summed E-state index contributed by atoms with van der Waals surface area (Å²) in [6.45, 7) is 1.53. The third-order valence-electron chi connectivity index (χ3n) is 4.95. The lowest BCUT2D eigenvalue weighted by atomic mass is 10.0. The molecule has 0 amide bonds. The van der Waals surface area contributed by atoms with Crippen LogP contribution in [0.5, 0.6) is 6.01 Å². The van der Waals surface area contributed by atoms with Gasteiger partial charge in [-0.25, -0.2) is 13.8 Å². The van der Waals surface area contributed by atoms with E-state index in [1.165, 1.54) is 19.2 Å². The Labute approximate surface area is 178 Å². The monoisotopic (exact) mass is 448 g/mol. The molecule has 1 saturated heterocycles. The summed E-state index contributed by atoms with van der Waals surface area (Å²) in [7, 11) is 1.41. The Morgan fingerprint density at radius 1 is 1.23 bits per heavy atom. The van der Waals surface area contributed by atoms with Gasteiger partial charge in [0.1, 0.15) is 17.2 Å². The largest absolute Gasteiger partial charge is 0.467 e. The molecular formula is C19H15ClF2N6OS. The van der Waals surface area contributed by atoms with Crippen molar-refractivity contribution in [1.82, 2.24) is 20.3 Å². The maximum absolute atomic E-state index is 15.8. The molecule has 2 aromatic heterocycles. The summed E-state index contributed by atoms with van der Waals surface area (Å²) in [5.74, 6) is -0.727. The zero-order valence-corrected chi connectivity index (χ0v) is 17.2. The number of nitrogens with two attached hydrogens (primary N) is 1. The Kier molecular flexibility index (Phi) is 4.57. The summed E-state index contributed by atoms with van der Waals surface area (Å²) in [4.78, 5) is 12.7. The summed E-state index contributed by atoms with van der Waals surface area (Å²) in [6, 6.07) is 4.45. The number of benzene rings is 2. The lowest BCUT2D eigenvalue weighted by molar-refractivity contribution is 0.381. The first kappa shape index (κ1) is 19.2. The first-order valence-electron chi connectivity index (χ1n) is 9.02. The van der Waals surface area contributed by atoms with Gasteiger partial charge in [0.05, 0.1) is 28.4 Å². The Morgan fingerprint density at radius 3 is 2.73 bits per heavy atom. The molecule has 0 saturated carbocycles. The highest BCUT2D eigenvalue weighted by atomic mass is 35.5. The van der Waals surface area contributed by atoms with Crippen LogP contribution in [-0.4, -0.2) is 41.2 Å². The number of thiazole rings is 1. The maximum Gasteiger partial charge on any atom is 0.318 e. The molecule has 4 N–H and O–H groups in total. The summed E-state index contributed by atoms with van der Waals surface area (Å²) in [5.41, 5.74) is 6.44. The molecule has 1 aliphatic heterocycles. The van der Waals surface area contributed by atoms with Gasteiger partial charge in [0.2, 0.25) is 0 Å². The molecule has 5 rings (SSSR count). The minimum Gasteiger partial charge on any atom is -0.467 e. The van der Waals surface area contributed by atoms with Gasteiger partial charge in [0.15, 0.2) is 10.9 Å². The van der Waals surface area contributed by atoms with Gasteiger partial charge in [-0.15, -0.1) is 0 Å². The van der Waals surface area contributed by atoms with E-state index in [1.54, 1.807) is 6.07 Å². The number of hydrogen-bond donors (Lipinski definition) is 3. The molecule has 154 valence electrons. The average Bonchev–Trinajstić information content (AvgIpc) is 3.09. The number of methoxy groups -OCH3 is 1. The van der Waals surface area contributed by atoms with Crippen LogP contribution >= 0.6 is 22.9 Å². The zero-order chi connectivity index (χ0) is 21.0. The van der Waals surface area contributed by atoms with E-state index in [0.717, 1.165) is 24.4 Å². The van der Waals surface area contributed by atoms with Crippen LogP contribution in [0, 0.1) is 11.6 Å². The Bertz CT molecular complexity index is 1310. The van der Waals surface area contributed by atoms with Crippen molar-refractivity contribution in [2.45, 2.75) is 6.04 Å². The van der Waals surface area contributed by atoms with Gasteiger partial charge < -0.3 is 21.1 Å². The molecule has 3 heterocycles. The quantitative estimate of drug-likeness (QED) is 0.436. The van der Waals surface area contributed by atoms with Crippen molar-refractivity contribution >= 4 is 55.0 Å². The molecule has 0 atom stereocenters. The molecule has 0 spiro atoms. The maximum atomic E-state index is 15.8. The molecule has 1 fully saturated rings.